The van der Waals surface area contributed by atoms with E-state index in [1.165, 1.54) is 28.4 Å². The second-order valence-electron chi connectivity index (χ2n) is 7.53. The van der Waals surface area contributed by atoms with Crippen molar-refractivity contribution < 1.29 is 13.2 Å². The van der Waals surface area contributed by atoms with Crippen molar-refractivity contribution >= 4 is 38.6 Å². The van der Waals surface area contributed by atoms with Crippen LogP contribution in [0, 0.1) is 0 Å². The molecule has 1 aromatic heterocycles. The predicted molar refractivity (Wildman–Crippen MR) is 125 cm³/mol. The molecule has 6 nitrogen and oxygen atoms in total. The SMILES string of the molecule is CN(c1ccccc1)S(=O)(=O)c1cccc(NC(=O)CN2CCC[C@@H]2c2cccs2)c1. The zero-order chi connectivity index (χ0) is 21.8. The van der Waals surface area contributed by atoms with Crippen molar-refractivity contribution in [2.24, 2.45) is 0 Å². The average molecular weight is 456 g/mol. The molecule has 1 atom stereocenters. The first-order chi connectivity index (χ1) is 14.9. The lowest BCUT2D eigenvalue weighted by atomic mass is 10.2. The summed E-state index contributed by atoms with van der Waals surface area (Å²) >= 11 is 1.72. The van der Waals surface area contributed by atoms with Crippen LogP contribution in [0.5, 0.6) is 0 Å². The Kier molecular flexibility index (Phi) is 6.41. The summed E-state index contributed by atoms with van der Waals surface area (Å²) in [5.74, 6) is -0.144. The van der Waals surface area contributed by atoms with Crippen LogP contribution in [0.3, 0.4) is 0 Å². The zero-order valence-electron chi connectivity index (χ0n) is 17.3. The molecular formula is C23H25N3O3S2. The van der Waals surface area contributed by atoms with E-state index in [-0.39, 0.29) is 23.4 Å². The molecule has 162 valence electrons. The van der Waals surface area contributed by atoms with E-state index in [2.05, 4.69) is 21.7 Å². The summed E-state index contributed by atoms with van der Waals surface area (Å²) in [4.78, 5) is 16.3. The Bertz CT molecular complexity index is 1130. The van der Waals surface area contributed by atoms with Gasteiger partial charge in [-0.1, -0.05) is 30.3 Å². The van der Waals surface area contributed by atoms with Gasteiger partial charge in [-0.15, -0.1) is 11.3 Å². The largest absolute Gasteiger partial charge is 0.325 e. The standard InChI is InChI=1S/C23H25N3O3S2/c1-25(19-9-3-2-4-10-19)31(28,29)20-11-5-8-18(16-20)24-23(27)17-26-14-6-12-21(26)22-13-7-15-30-22/h2-5,7-11,13,15-16,21H,6,12,14,17H2,1H3,(H,24,27)/t21-/m1/s1. The fourth-order valence-corrected chi connectivity index (χ4v) is 6.01. The number of likely N-dealkylation sites (tertiary alicyclic amines) is 1. The maximum Gasteiger partial charge on any atom is 0.264 e. The zero-order valence-corrected chi connectivity index (χ0v) is 18.9. The Balaban J connectivity index is 1.45. The van der Waals surface area contributed by atoms with Crippen LogP contribution in [-0.2, 0) is 14.8 Å². The number of hydrogen-bond donors (Lipinski definition) is 1. The highest BCUT2D eigenvalue weighted by molar-refractivity contribution is 7.92. The Labute approximate surface area is 187 Å². The van der Waals surface area contributed by atoms with E-state index in [0.717, 1.165) is 19.4 Å². The topological polar surface area (TPSA) is 69.7 Å². The molecule has 1 N–H and O–H groups in total. The highest BCUT2D eigenvalue weighted by atomic mass is 32.2. The van der Waals surface area contributed by atoms with Gasteiger partial charge in [-0.25, -0.2) is 8.42 Å². The summed E-state index contributed by atoms with van der Waals surface area (Å²) < 4.78 is 27.3. The Morgan fingerprint density at radius 1 is 1.13 bits per heavy atom. The normalized spacial score (nSPS) is 16.9. The molecule has 4 rings (SSSR count). The maximum atomic E-state index is 13.0. The van der Waals surface area contributed by atoms with E-state index in [9.17, 15) is 13.2 Å². The van der Waals surface area contributed by atoms with Gasteiger partial charge < -0.3 is 5.32 Å². The van der Waals surface area contributed by atoms with Gasteiger partial charge in [0.15, 0.2) is 0 Å². The number of nitrogens with zero attached hydrogens (tertiary/aromatic N) is 2. The Morgan fingerprint density at radius 3 is 2.68 bits per heavy atom. The summed E-state index contributed by atoms with van der Waals surface area (Å²) in [5, 5.41) is 4.93. The lowest BCUT2D eigenvalue weighted by Gasteiger charge is -2.23. The highest BCUT2D eigenvalue weighted by Gasteiger charge is 2.28. The van der Waals surface area contributed by atoms with Gasteiger partial charge in [-0.3, -0.25) is 14.0 Å². The Morgan fingerprint density at radius 2 is 1.94 bits per heavy atom. The third kappa shape index (κ3) is 4.81. The summed E-state index contributed by atoms with van der Waals surface area (Å²) in [6.07, 6.45) is 2.11. The fourth-order valence-electron chi connectivity index (χ4n) is 3.87. The molecule has 0 spiro atoms. The van der Waals surface area contributed by atoms with Crippen LogP contribution in [0.25, 0.3) is 0 Å². The first-order valence-electron chi connectivity index (χ1n) is 10.2. The van der Waals surface area contributed by atoms with E-state index < -0.39 is 10.0 Å². The smallest absolute Gasteiger partial charge is 0.264 e. The van der Waals surface area contributed by atoms with Gasteiger partial charge in [-0.2, -0.15) is 0 Å². The van der Waals surface area contributed by atoms with Crippen molar-refractivity contribution in [2.75, 3.05) is 29.8 Å². The minimum absolute atomic E-state index is 0.134. The van der Waals surface area contributed by atoms with E-state index in [0.29, 0.717) is 11.4 Å². The molecule has 1 aliphatic rings. The van der Waals surface area contributed by atoms with Crippen molar-refractivity contribution in [3.8, 4) is 0 Å². The van der Waals surface area contributed by atoms with Crippen LogP contribution in [0.2, 0.25) is 0 Å². The van der Waals surface area contributed by atoms with E-state index in [1.54, 1.807) is 47.7 Å². The summed E-state index contributed by atoms with van der Waals surface area (Å²) in [7, 11) is -2.22. The molecule has 1 amide bonds. The molecule has 3 aromatic rings. The maximum absolute atomic E-state index is 13.0. The summed E-state index contributed by atoms with van der Waals surface area (Å²) in [5.41, 5.74) is 1.05. The second-order valence-corrected chi connectivity index (χ2v) is 10.5. The van der Waals surface area contributed by atoms with E-state index in [1.807, 2.05) is 12.1 Å². The number of para-hydroxylation sites is 1. The van der Waals surface area contributed by atoms with Gasteiger partial charge in [0.05, 0.1) is 17.1 Å². The lowest BCUT2D eigenvalue weighted by Crippen LogP contribution is -2.32. The number of rotatable bonds is 7. The van der Waals surface area contributed by atoms with Gasteiger partial charge in [0.1, 0.15) is 0 Å². The molecule has 1 aliphatic heterocycles. The minimum Gasteiger partial charge on any atom is -0.325 e. The molecule has 0 unspecified atom stereocenters. The molecule has 31 heavy (non-hydrogen) atoms. The van der Waals surface area contributed by atoms with Crippen LogP contribution in [0.15, 0.2) is 77.0 Å². The van der Waals surface area contributed by atoms with Crippen LogP contribution in [-0.4, -0.2) is 39.4 Å². The van der Waals surface area contributed by atoms with Crippen LogP contribution < -0.4 is 9.62 Å². The van der Waals surface area contributed by atoms with Gasteiger partial charge in [0.2, 0.25) is 5.91 Å². The van der Waals surface area contributed by atoms with Crippen molar-refractivity contribution in [3.63, 3.8) is 0 Å². The molecular weight excluding hydrogens is 430 g/mol. The van der Waals surface area contributed by atoms with Gasteiger partial charge in [0.25, 0.3) is 10.0 Å². The quantitative estimate of drug-likeness (QED) is 0.575. The molecule has 0 aliphatic carbocycles. The number of hydrogen-bond acceptors (Lipinski definition) is 5. The minimum atomic E-state index is -3.74. The highest BCUT2D eigenvalue weighted by Crippen LogP contribution is 2.34. The van der Waals surface area contributed by atoms with Crippen LogP contribution in [0.4, 0.5) is 11.4 Å². The summed E-state index contributed by atoms with van der Waals surface area (Å²) in [6, 6.07) is 19.7. The third-order valence-electron chi connectivity index (χ3n) is 5.48. The molecule has 1 fully saturated rings. The van der Waals surface area contributed by atoms with Gasteiger partial charge in [-0.05, 0) is 61.2 Å². The average Bonchev–Trinajstić information content (AvgIpc) is 3.45. The van der Waals surface area contributed by atoms with Crippen molar-refractivity contribution in [1.29, 1.82) is 0 Å². The van der Waals surface area contributed by atoms with E-state index >= 15 is 0 Å². The van der Waals surface area contributed by atoms with Crippen molar-refractivity contribution in [3.05, 3.63) is 77.0 Å². The molecule has 2 aromatic carbocycles. The number of carbonyl (C=O) groups excluding carboxylic acids is 1. The van der Waals surface area contributed by atoms with Gasteiger partial charge in [0, 0.05) is 23.7 Å². The van der Waals surface area contributed by atoms with Crippen molar-refractivity contribution in [2.45, 2.75) is 23.8 Å². The Hall–Kier alpha value is -2.68. The number of sulfonamides is 1. The molecule has 0 radical (unpaired) electrons. The monoisotopic (exact) mass is 455 g/mol. The molecule has 0 saturated carbocycles. The number of amides is 1. The molecule has 0 bridgehead atoms. The number of thiophene rings is 1. The number of anilines is 2. The number of benzene rings is 2. The summed E-state index contributed by atoms with van der Waals surface area (Å²) in [6.45, 7) is 1.16. The molecule has 2 heterocycles. The predicted octanol–water partition coefficient (Wildman–Crippen LogP) is 4.35. The number of nitrogens with one attached hydrogen (secondary N) is 1. The van der Waals surface area contributed by atoms with Crippen LogP contribution >= 0.6 is 11.3 Å². The van der Waals surface area contributed by atoms with Gasteiger partial charge >= 0.3 is 0 Å². The van der Waals surface area contributed by atoms with Crippen molar-refractivity contribution in [1.82, 2.24) is 4.90 Å². The first kappa shape index (κ1) is 21.5. The fraction of sp³-hybridized carbons (Fsp3) is 0.261. The number of carbonyl (C=O) groups is 1. The first-order valence-corrected chi connectivity index (χ1v) is 12.5. The molecule has 8 heteroatoms. The molecule has 1 saturated heterocycles. The van der Waals surface area contributed by atoms with E-state index in [4.69, 9.17) is 0 Å². The third-order valence-corrected chi connectivity index (χ3v) is 8.23. The lowest BCUT2D eigenvalue weighted by molar-refractivity contribution is -0.117. The van der Waals surface area contributed by atoms with Crippen LogP contribution in [0.1, 0.15) is 23.8 Å². The second kappa shape index (κ2) is 9.21.